The van der Waals surface area contributed by atoms with Gasteiger partial charge < -0.3 is 4.90 Å². The van der Waals surface area contributed by atoms with Crippen molar-refractivity contribution < 1.29 is 13.2 Å². The highest BCUT2D eigenvalue weighted by Crippen LogP contribution is 2.27. The molecule has 1 heterocycles. The molecule has 1 amide bonds. The van der Waals surface area contributed by atoms with Crippen LogP contribution in [0.3, 0.4) is 0 Å². The molecule has 6 heteroatoms. The summed E-state index contributed by atoms with van der Waals surface area (Å²) >= 11 is 0. The standard InChI is InChI=1S/C19H22N2O3S/c1-20(16-10-4-2-5-11-16)19(22)18-14-8-9-15-21(18)25(23,24)17-12-6-3-7-13-17/h2-7,10-13,18H,8-9,14-15H2,1H3/t18-/m0/s1. The third-order valence-corrected chi connectivity index (χ3v) is 6.49. The first-order valence-corrected chi connectivity index (χ1v) is 9.85. The van der Waals surface area contributed by atoms with Crippen molar-refractivity contribution >= 4 is 21.6 Å². The van der Waals surface area contributed by atoms with E-state index in [1.165, 1.54) is 4.31 Å². The van der Waals surface area contributed by atoms with E-state index >= 15 is 0 Å². The summed E-state index contributed by atoms with van der Waals surface area (Å²) in [6.45, 7) is 0.371. The summed E-state index contributed by atoms with van der Waals surface area (Å²) in [7, 11) is -1.99. The number of carbonyl (C=O) groups excluding carboxylic acids is 1. The highest BCUT2D eigenvalue weighted by molar-refractivity contribution is 7.89. The molecule has 0 spiro atoms. The Kier molecular flexibility index (Phi) is 5.20. The van der Waals surface area contributed by atoms with Gasteiger partial charge in [0.05, 0.1) is 4.90 Å². The van der Waals surface area contributed by atoms with Crippen LogP contribution in [0.1, 0.15) is 19.3 Å². The number of anilines is 1. The van der Waals surface area contributed by atoms with E-state index < -0.39 is 16.1 Å². The second-order valence-corrected chi connectivity index (χ2v) is 8.06. The average molecular weight is 358 g/mol. The lowest BCUT2D eigenvalue weighted by molar-refractivity contribution is -0.122. The summed E-state index contributed by atoms with van der Waals surface area (Å²) in [6, 6.07) is 17.0. The van der Waals surface area contributed by atoms with Crippen molar-refractivity contribution in [2.45, 2.75) is 30.2 Å². The molecule has 0 N–H and O–H groups in total. The van der Waals surface area contributed by atoms with Crippen LogP contribution in [-0.4, -0.2) is 38.3 Å². The predicted molar refractivity (Wildman–Crippen MR) is 97.8 cm³/mol. The summed E-state index contributed by atoms with van der Waals surface area (Å²) in [5.74, 6) is -0.189. The lowest BCUT2D eigenvalue weighted by Gasteiger charge is -2.35. The first kappa shape index (κ1) is 17.6. The highest BCUT2D eigenvalue weighted by atomic mass is 32.2. The number of hydrogen-bond donors (Lipinski definition) is 0. The molecule has 0 aromatic heterocycles. The predicted octanol–water partition coefficient (Wildman–Crippen LogP) is 2.89. The van der Waals surface area contributed by atoms with Crippen LogP contribution in [0, 0.1) is 0 Å². The van der Waals surface area contributed by atoms with Gasteiger partial charge >= 0.3 is 0 Å². The SMILES string of the molecule is CN(C(=O)[C@@H]1CCCCN1S(=O)(=O)c1ccccc1)c1ccccc1. The molecule has 1 fully saturated rings. The van der Waals surface area contributed by atoms with Gasteiger partial charge in [-0.15, -0.1) is 0 Å². The fraction of sp³-hybridized carbons (Fsp3) is 0.316. The van der Waals surface area contributed by atoms with Gasteiger partial charge in [-0.1, -0.05) is 42.8 Å². The molecule has 132 valence electrons. The van der Waals surface area contributed by atoms with Gasteiger partial charge in [-0.3, -0.25) is 4.79 Å². The van der Waals surface area contributed by atoms with Crippen molar-refractivity contribution in [3.05, 3.63) is 60.7 Å². The van der Waals surface area contributed by atoms with Crippen LogP contribution >= 0.6 is 0 Å². The Balaban J connectivity index is 1.90. The minimum Gasteiger partial charge on any atom is -0.314 e. The van der Waals surface area contributed by atoms with E-state index in [1.54, 1.807) is 42.3 Å². The molecule has 0 unspecified atom stereocenters. The van der Waals surface area contributed by atoms with Gasteiger partial charge in [0.1, 0.15) is 6.04 Å². The van der Waals surface area contributed by atoms with E-state index in [9.17, 15) is 13.2 Å². The molecule has 25 heavy (non-hydrogen) atoms. The van der Waals surface area contributed by atoms with E-state index in [0.717, 1.165) is 18.5 Å². The Labute approximate surface area is 148 Å². The van der Waals surface area contributed by atoms with Crippen molar-refractivity contribution in [2.75, 3.05) is 18.5 Å². The number of amides is 1. The summed E-state index contributed by atoms with van der Waals surface area (Å²) in [5, 5.41) is 0. The van der Waals surface area contributed by atoms with Crippen molar-refractivity contribution in [3.63, 3.8) is 0 Å². The second kappa shape index (κ2) is 7.37. The molecule has 1 saturated heterocycles. The smallest absolute Gasteiger partial charge is 0.245 e. The Morgan fingerprint density at radius 3 is 2.24 bits per heavy atom. The highest BCUT2D eigenvalue weighted by Gasteiger charge is 2.38. The van der Waals surface area contributed by atoms with E-state index in [2.05, 4.69) is 0 Å². The molecule has 0 saturated carbocycles. The Morgan fingerprint density at radius 2 is 1.60 bits per heavy atom. The van der Waals surface area contributed by atoms with Crippen molar-refractivity contribution in [1.82, 2.24) is 4.31 Å². The zero-order valence-corrected chi connectivity index (χ0v) is 15.0. The molecule has 1 aliphatic rings. The normalized spacial score (nSPS) is 18.7. The number of likely N-dealkylation sites (N-methyl/N-ethyl adjacent to an activating group) is 1. The van der Waals surface area contributed by atoms with Crippen LogP contribution in [0.2, 0.25) is 0 Å². The first-order chi connectivity index (χ1) is 12.0. The number of rotatable bonds is 4. The molecule has 1 atom stereocenters. The average Bonchev–Trinajstić information content (AvgIpc) is 2.68. The minimum atomic E-state index is -3.69. The Morgan fingerprint density at radius 1 is 1.00 bits per heavy atom. The van der Waals surface area contributed by atoms with E-state index in [4.69, 9.17) is 0 Å². The summed E-state index contributed by atoms with van der Waals surface area (Å²) in [4.78, 5) is 14.8. The van der Waals surface area contributed by atoms with E-state index in [-0.39, 0.29) is 10.8 Å². The molecule has 3 rings (SSSR count). The topological polar surface area (TPSA) is 57.7 Å². The maximum Gasteiger partial charge on any atom is 0.245 e. The fourth-order valence-electron chi connectivity index (χ4n) is 3.17. The van der Waals surface area contributed by atoms with Crippen molar-refractivity contribution in [1.29, 1.82) is 0 Å². The van der Waals surface area contributed by atoms with Gasteiger partial charge in [0.2, 0.25) is 15.9 Å². The Bertz CT molecular complexity index is 822. The van der Waals surface area contributed by atoms with E-state index in [1.807, 2.05) is 30.3 Å². The monoisotopic (exact) mass is 358 g/mol. The lowest BCUT2D eigenvalue weighted by atomic mass is 10.0. The third kappa shape index (κ3) is 3.60. The number of para-hydroxylation sites is 1. The molecule has 2 aromatic carbocycles. The largest absolute Gasteiger partial charge is 0.314 e. The van der Waals surface area contributed by atoms with Crippen LogP contribution in [0.5, 0.6) is 0 Å². The zero-order chi connectivity index (χ0) is 17.9. The van der Waals surface area contributed by atoms with Crippen LogP contribution in [0.4, 0.5) is 5.69 Å². The van der Waals surface area contributed by atoms with Gasteiger partial charge in [0, 0.05) is 19.3 Å². The molecule has 0 bridgehead atoms. The summed E-state index contributed by atoms with van der Waals surface area (Å²) in [5.41, 5.74) is 0.759. The van der Waals surface area contributed by atoms with Crippen LogP contribution in [-0.2, 0) is 14.8 Å². The summed E-state index contributed by atoms with van der Waals surface area (Å²) < 4.78 is 27.4. The summed E-state index contributed by atoms with van der Waals surface area (Å²) in [6.07, 6.45) is 2.16. The quantitative estimate of drug-likeness (QED) is 0.844. The maximum atomic E-state index is 13.0. The van der Waals surface area contributed by atoms with Crippen LogP contribution in [0.15, 0.2) is 65.6 Å². The number of nitrogens with zero attached hydrogens (tertiary/aromatic N) is 2. The van der Waals surface area contributed by atoms with Gasteiger partial charge in [-0.05, 0) is 37.1 Å². The zero-order valence-electron chi connectivity index (χ0n) is 14.2. The van der Waals surface area contributed by atoms with Gasteiger partial charge in [0.15, 0.2) is 0 Å². The lowest BCUT2D eigenvalue weighted by Crippen LogP contribution is -2.52. The molecular weight excluding hydrogens is 336 g/mol. The molecule has 5 nitrogen and oxygen atoms in total. The van der Waals surface area contributed by atoms with E-state index in [0.29, 0.717) is 13.0 Å². The molecule has 0 radical (unpaired) electrons. The second-order valence-electron chi connectivity index (χ2n) is 6.17. The minimum absolute atomic E-state index is 0.189. The van der Waals surface area contributed by atoms with Crippen molar-refractivity contribution in [3.8, 4) is 0 Å². The molecular formula is C19H22N2O3S. The number of hydrogen-bond acceptors (Lipinski definition) is 3. The Hall–Kier alpha value is -2.18. The van der Waals surface area contributed by atoms with Gasteiger partial charge in [-0.25, -0.2) is 8.42 Å². The maximum absolute atomic E-state index is 13.0. The number of carbonyl (C=O) groups is 1. The van der Waals surface area contributed by atoms with Gasteiger partial charge in [-0.2, -0.15) is 4.31 Å². The number of piperidine rings is 1. The van der Waals surface area contributed by atoms with Crippen molar-refractivity contribution in [2.24, 2.45) is 0 Å². The third-order valence-electron chi connectivity index (χ3n) is 4.56. The molecule has 1 aliphatic heterocycles. The number of sulfonamides is 1. The van der Waals surface area contributed by atoms with Gasteiger partial charge in [0.25, 0.3) is 0 Å². The van der Waals surface area contributed by atoms with Crippen LogP contribution < -0.4 is 4.90 Å². The molecule has 2 aromatic rings. The number of benzene rings is 2. The first-order valence-electron chi connectivity index (χ1n) is 8.41. The van der Waals surface area contributed by atoms with Crippen LogP contribution in [0.25, 0.3) is 0 Å². The fourth-order valence-corrected chi connectivity index (χ4v) is 4.84. The molecule has 0 aliphatic carbocycles.